The van der Waals surface area contributed by atoms with Crippen molar-refractivity contribution >= 4 is 17.1 Å². The van der Waals surface area contributed by atoms with Crippen LogP contribution < -0.4 is 0 Å². The fourth-order valence-corrected chi connectivity index (χ4v) is 2.22. The van der Waals surface area contributed by atoms with Gasteiger partial charge in [-0.25, -0.2) is 14.8 Å². The van der Waals surface area contributed by atoms with Crippen LogP contribution in [0.15, 0.2) is 30.5 Å². The van der Waals surface area contributed by atoms with Gasteiger partial charge in [0.05, 0.1) is 11.1 Å². The van der Waals surface area contributed by atoms with Gasteiger partial charge in [0.15, 0.2) is 5.65 Å². The normalized spacial score (nSPS) is 10.9. The Morgan fingerprint density at radius 3 is 2.80 bits per heavy atom. The van der Waals surface area contributed by atoms with Gasteiger partial charge in [0.2, 0.25) is 0 Å². The molecule has 5 heteroatoms. The quantitative estimate of drug-likeness (QED) is 0.748. The molecule has 0 radical (unpaired) electrons. The third-order valence-electron chi connectivity index (χ3n) is 3.48. The number of carboxylic acids is 1. The van der Waals surface area contributed by atoms with Gasteiger partial charge in [0, 0.05) is 11.8 Å². The van der Waals surface area contributed by atoms with Crippen LogP contribution in [0.2, 0.25) is 0 Å². The molecule has 1 aromatic carbocycles. The summed E-state index contributed by atoms with van der Waals surface area (Å²) >= 11 is 0. The number of hydrogen-bond acceptors (Lipinski definition) is 3. The van der Waals surface area contributed by atoms with Crippen molar-refractivity contribution in [3.05, 3.63) is 47.2 Å². The van der Waals surface area contributed by atoms with Crippen LogP contribution in [-0.4, -0.2) is 26.0 Å². The number of benzene rings is 1. The summed E-state index contributed by atoms with van der Waals surface area (Å²) in [6.45, 7) is 4.05. The number of aromatic carboxylic acids is 1. The number of nitrogens with zero attached hydrogens (tertiary/aromatic N) is 2. The summed E-state index contributed by atoms with van der Waals surface area (Å²) in [5.41, 5.74) is 4.29. The van der Waals surface area contributed by atoms with Gasteiger partial charge < -0.3 is 10.1 Å². The highest BCUT2D eigenvalue weighted by atomic mass is 16.4. The van der Waals surface area contributed by atoms with E-state index in [9.17, 15) is 9.90 Å². The van der Waals surface area contributed by atoms with Crippen molar-refractivity contribution in [3.63, 3.8) is 0 Å². The monoisotopic (exact) mass is 267 g/mol. The molecule has 5 nitrogen and oxygen atoms in total. The number of H-pyrrole nitrogens is 1. The van der Waals surface area contributed by atoms with E-state index in [-0.39, 0.29) is 5.56 Å². The highest BCUT2D eigenvalue weighted by Gasteiger charge is 2.15. The van der Waals surface area contributed by atoms with Crippen molar-refractivity contribution in [2.75, 3.05) is 0 Å². The zero-order valence-electron chi connectivity index (χ0n) is 11.1. The average Bonchev–Trinajstić information content (AvgIpc) is 2.84. The van der Waals surface area contributed by atoms with Crippen LogP contribution in [0.25, 0.3) is 22.6 Å². The van der Waals surface area contributed by atoms with Crippen molar-refractivity contribution in [2.24, 2.45) is 0 Å². The van der Waals surface area contributed by atoms with E-state index in [1.807, 2.05) is 32.0 Å². The second-order valence-electron chi connectivity index (χ2n) is 4.70. The van der Waals surface area contributed by atoms with E-state index < -0.39 is 5.97 Å². The van der Waals surface area contributed by atoms with E-state index in [2.05, 4.69) is 15.0 Å². The SMILES string of the molecule is Cc1cccc(-c2nc3nccc(C(=O)O)c3[nH]2)c1C. The van der Waals surface area contributed by atoms with E-state index >= 15 is 0 Å². The van der Waals surface area contributed by atoms with E-state index in [0.29, 0.717) is 17.0 Å². The fourth-order valence-electron chi connectivity index (χ4n) is 2.22. The molecular formula is C15H13N3O2. The van der Waals surface area contributed by atoms with Crippen molar-refractivity contribution < 1.29 is 9.90 Å². The highest BCUT2D eigenvalue weighted by Crippen LogP contribution is 2.25. The Morgan fingerprint density at radius 2 is 2.05 bits per heavy atom. The van der Waals surface area contributed by atoms with Crippen molar-refractivity contribution in [3.8, 4) is 11.4 Å². The number of aryl methyl sites for hydroxylation is 1. The largest absolute Gasteiger partial charge is 0.478 e. The zero-order valence-corrected chi connectivity index (χ0v) is 11.1. The van der Waals surface area contributed by atoms with Gasteiger partial charge in [-0.3, -0.25) is 0 Å². The number of rotatable bonds is 2. The molecule has 0 bridgehead atoms. The lowest BCUT2D eigenvalue weighted by molar-refractivity contribution is 0.0699. The van der Waals surface area contributed by atoms with Crippen LogP contribution in [0, 0.1) is 13.8 Å². The summed E-state index contributed by atoms with van der Waals surface area (Å²) < 4.78 is 0. The zero-order chi connectivity index (χ0) is 14.3. The number of fused-ring (bicyclic) bond motifs is 1. The van der Waals surface area contributed by atoms with E-state index in [4.69, 9.17) is 0 Å². The Balaban J connectivity index is 2.26. The van der Waals surface area contributed by atoms with Gasteiger partial charge in [-0.2, -0.15) is 0 Å². The second kappa shape index (κ2) is 4.45. The molecule has 0 spiro atoms. The first-order valence-corrected chi connectivity index (χ1v) is 6.22. The van der Waals surface area contributed by atoms with E-state index in [1.165, 1.54) is 12.3 Å². The number of carboxylic acid groups (broad SMARTS) is 1. The Kier molecular flexibility index (Phi) is 2.75. The third-order valence-corrected chi connectivity index (χ3v) is 3.48. The highest BCUT2D eigenvalue weighted by molar-refractivity contribution is 6.00. The van der Waals surface area contributed by atoms with E-state index in [1.54, 1.807) is 0 Å². The number of hydrogen-bond donors (Lipinski definition) is 2. The van der Waals surface area contributed by atoms with Crippen molar-refractivity contribution in [1.82, 2.24) is 15.0 Å². The van der Waals surface area contributed by atoms with Crippen molar-refractivity contribution in [1.29, 1.82) is 0 Å². The minimum Gasteiger partial charge on any atom is -0.478 e. The molecule has 0 atom stereocenters. The van der Waals surface area contributed by atoms with Gasteiger partial charge in [0.1, 0.15) is 5.82 Å². The predicted octanol–water partition coefficient (Wildman–Crippen LogP) is 2.94. The topological polar surface area (TPSA) is 78.9 Å². The number of aromatic amines is 1. The van der Waals surface area contributed by atoms with Gasteiger partial charge in [-0.15, -0.1) is 0 Å². The number of nitrogens with one attached hydrogen (secondary N) is 1. The van der Waals surface area contributed by atoms with Crippen LogP contribution in [-0.2, 0) is 0 Å². The fraction of sp³-hybridized carbons (Fsp3) is 0.133. The molecule has 2 aromatic heterocycles. The summed E-state index contributed by atoms with van der Waals surface area (Å²) in [7, 11) is 0. The number of imidazole rings is 1. The van der Waals surface area contributed by atoms with Crippen LogP contribution in [0.5, 0.6) is 0 Å². The van der Waals surface area contributed by atoms with Crippen LogP contribution in [0.4, 0.5) is 0 Å². The summed E-state index contributed by atoms with van der Waals surface area (Å²) in [6, 6.07) is 7.41. The molecular weight excluding hydrogens is 254 g/mol. The maximum atomic E-state index is 11.2. The molecule has 3 aromatic rings. The summed E-state index contributed by atoms with van der Waals surface area (Å²) in [6.07, 6.45) is 1.46. The summed E-state index contributed by atoms with van der Waals surface area (Å²) in [4.78, 5) is 22.8. The molecule has 0 aliphatic carbocycles. The first-order chi connectivity index (χ1) is 9.58. The average molecular weight is 267 g/mol. The maximum absolute atomic E-state index is 11.2. The molecule has 2 heterocycles. The summed E-state index contributed by atoms with van der Waals surface area (Å²) in [5.74, 6) is -0.351. The van der Waals surface area contributed by atoms with Gasteiger partial charge in [0.25, 0.3) is 0 Å². The van der Waals surface area contributed by atoms with Gasteiger partial charge in [-0.05, 0) is 31.0 Å². The molecule has 0 aliphatic heterocycles. The molecule has 0 unspecified atom stereocenters. The van der Waals surface area contributed by atoms with E-state index in [0.717, 1.165) is 16.7 Å². The van der Waals surface area contributed by atoms with Crippen LogP contribution in [0.1, 0.15) is 21.5 Å². The maximum Gasteiger partial charge on any atom is 0.338 e. The Hall–Kier alpha value is -2.69. The lowest BCUT2D eigenvalue weighted by atomic mass is 10.0. The Morgan fingerprint density at radius 1 is 1.25 bits per heavy atom. The molecule has 0 amide bonds. The van der Waals surface area contributed by atoms with Crippen molar-refractivity contribution in [2.45, 2.75) is 13.8 Å². The smallest absolute Gasteiger partial charge is 0.338 e. The molecule has 0 aliphatic rings. The Labute approximate surface area is 115 Å². The van der Waals surface area contributed by atoms with Crippen LogP contribution >= 0.6 is 0 Å². The number of pyridine rings is 1. The third kappa shape index (κ3) is 1.84. The molecule has 0 saturated carbocycles. The minimum atomic E-state index is -0.992. The molecule has 20 heavy (non-hydrogen) atoms. The predicted molar refractivity (Wildman–Crippen MR) is 75.8 cm³/mol. The first-order valence-electron chi connectivity index (χ1n) is 6.22. The minimum absolute atomic E-state index is 0.180. The van der Waals surface area contributed by atoms with Gasteiger partial charge in [-0.1, -0.05) is 18.2 Å². The first kappa shape index (κ1) is 12.3. The molecule has 2 N–H and O–H groups in total. The molecule has 0 fully saturated rings. The molecule has 3 rings (SSSR count). The standard InChI is InChI=1S/C15H13N3O2/c1-8-4-3-5-10(9(8)2)13-17-12-11(15(19)20)6-7-16-14(12)18-13/h3-7H,1-2H3,(H,19,20)(H,16,17,18). The molecule has 100 valence electrons. The lowest BCUT2D eigenvalue weighted by Crippen LogP contribution is -1.97. The summed E-state index contributed by atoms with van der Waals surface area (Å²) in [5, 5.41) is 9.19. The lowest BCUT2D eigenvalue weighted by Gasteiger charge is -2.05. The Bertz CT molecular complexity index is 821. The van der Waals surface area contributed by atoms with Crippen LogP contribution in [0.3, 0.4) is 0 Å². The number of carbonyl (C=O) groups is 1. The second-order valence-corrected chi connectivity index (χ2v) is 4.70. The molecule has 0 saturated heterocycles. The number of aromatic nitrogens is 3. The van der Waals surface area contributed by atoms with Gasteiger partial charge >= 0.3 is 5.97 Å².